The van der Waals surface area contributed by atoms with Gasteiger partial charge in [-0.3, -0.25) is 4.79 Å². The first-order chi connectivity index (χ1) is 11.2. The Morgan fingerprint density at radius 3 is 2.75 bits per heavy atom. The third kappa shape index (κ3) is 2.76. The summed E-state index contributed by atoms with van der Waals surface area (Å²) < 4.78 is 11.5. The number of amides is 1. The van der Waals surface area contributed by atoms with Crippen LogP contribution in [0.25, 0.3) is 0 Å². The average molecular weight is 347 g/mol. The van der Waals surface area contributed by atoms with E-state index in [2.05, 4.69) is 0 Å². The van der Waals surface area contributed by atoms with Crippen LogP contribution in [0.1, 0.15) is 12.0 Å². The molecule has 2 aliphatic rings. The van der Waals surface area contributed by atoms with Crippen molar-refractivity contribution in [2.45, 2.75) is 18.9 Å². The second-order valence-electron chi connectivity index (χ2n) is 5.80. The van der Waals surface area contributed by atoms with Gasteiger partial charge in [0.2, 0.25) is 6.10 Å². The van der Waals surface area contributed by atoms with Gasteiger partial charge in [-0.15, -0.1) is 12.4 Å². The number of carbonyl (C=O) groups is 1. The van der Waals surface area contributed by atoms with Gasteiger partial charge in [-0.25, -0.2) is 0 Å². The highest BCUT2D eigenvalue weighted by Crippen LogP contribution is 2.34. The molecule has 1 unspecified atom stereocenters. The number of hydrogen-bond acceptors (Lipinski definition) is 4. The van der Waals surface area contributed by atoms with Crippen molar-refractivity contribution in [1.29, 1.82) is 0 Å². The standard InChI is InChI=1S/C18H18N2O3.ClH/c19-13-6-3-7-14-12(13)5-4-10-20(14)18(21)17-11-22-15-8-1-2-9-16(15)23-17;/h1-3,6-9,17H,4-5,10-11,19H2;1H. The molecule has 4 rings (SSSR count). The predicted molar refractivity (Wildman–Crippen MR) is 95.1 cm³/mol. The Labute approximate surface area is 146 Å². The molecule has 2 aliphatic heterocycles. The van der Waals surface area contributed by atoms with Crippen LogP contribution in [0.15, 0.2) is 42.5 Å². The van der Waals surface area contributed by atoms with Gasteiger partial charge < -0.3 is 20.1 Å². The molecule has 0 saturated heterocycles. The van der Waals surface area contributed by atoms with Crippen LogP contribution in [0, 0.1) is 0 Å². The van der Waals surface area contributed by atoms with Gasteiger partial charge in [0, 0.05) is 17.9 Å². The third-order valence-corrected chi connectivity index (χ3v) is 4.34. The number of fused-ring (bicyclic) bond motifs is 2. The van der Waals surface area contributed by atoms with E-state index < -0.39 is 6.10 Å². The molecule has 126 valence electrons. The zero-order chi connectivity index (χ0) is 15.8. The van der Waals surface area contributed by atoms with Crippen LogP contribution in [0.3, 0.4) is 0 Å². The van der Waals surface area contributed by atoms with E-state index >= 15 is 0 Å². The van der Waals surface area contributed by atoms with Crippen molar-refractivity contribution in [3.8, 4) is 11.5 Å². The van der Waals surface area contributed by atoms with Gasteiger partial charge in [0.25, 0.3) is 5.91 Å². The summed E-state index contributed by atoms with van der Waals surface area (Å²) in [7, 11) is 0. The van der Waals surface area contributed by atoms with Crippen LogP contribution in [0.5, 0.6) is 11.5 Å². The first-order valence-corrected chi connectivity index (χ1v) is 7.81. The summed E-state index contributed by atoms with van der Waals surface area (Å²) in [5.74, 6) is 1.22. The van der Waals surface area contributed by atoms with Crippen molar-refractivity contribution < 1.29 is 14.3 Å². The van der Waals surface area contributed by atoms with Crippen LogP contribution >= 0.6 is 12.4 Å². The lowest BCUT2D eigenvalue weighted by molar-refractivity contribution is -0.127. The fourth-order valence-electron chi connectivity index (χ4n) is 3.20. The quantitative estimate of drug-likeness (QED) is 0.806. The second-order valence-corrected chi connectivity index (χ2v) is 5.80. The number of anilines is 2. The van der Waals surface area contributed by atoms with Gasteiger partial charge >= 0.3 is 0 Å². The van der Waals surface area contributed by atoms with Gasteiger partial charge in [0.15, 0.2) is 11.5 Å². The minimum Gasteiger partial charge on any atom is -0.485 e. The lowest BCUT2D eigenvalue weighted by Crippen LogP contribution is -2.48. The molecule has 1 amide bonds. The van der Waals surface area contributed by atoms with Gasteiger partial charge in [-0.1, -0.05) is 18.2 Å². The van der Waals surface area contributed by atoms with Crippen molar-refractivity contribution >= 4 is 29.7 Å². The van der Waals surface area contributed by atoms with Crippen molar-refractivity contribution in [2.24, 2.45) is 0 Å². The van der Waals surface area contributed by atoms with Crippen LogP contribution in [-0.2, 0) is 11.2 Å². The highest BCUT2D eigenvalue weighted by atomic mass is 35.5. The van der Waals surface area contributed by atoms with Gasteiger partial charge in [-0.2, -0.15) is 0 Å². The predicted octanol–water partition coefficient (Wildman–Crippen LogP) is 2.81. The molecule has 24 heavy (non-hydrogen) atoms. The maximum absolute atomic E-state index is 12.9. The highest BCUT2D eigenvalue weighted by Gasteiger charge is 2.33. The van der Waals surface area contributed by atoms with Crippen molar-refractivity contribution in [1.82, 2.24) is 0 Å². The van der Waals surface area contributed by atoms with E-state index in [1.54, 1.807) is 4.90 Å². The molecule has 2 heterocycles. The van der Waals surface area contributed by atoms with Crippen LogP contribution in [0.4, 0.5) is 11.4 Å². The molecule has 5 nitrogen and oxygen atoms in total. The van der Waals surface area contributed by atoms with Gasteiger partial charge in [-0.05, 0) is 42.7 Å². The van der Waals surface area contributed by atoms with Crippen molar-refractivity contribution in [3.05, 3.63) is 48.0 Å². The Hall–Kier alpha value is -2.40. The maximum Gasteiger partial charge on any atom is 0.271 e. The summed E-state index contributed by atoms with van der Waals surface area (Å²) in [5, 5.41) is 0. The summed E-state index contributed by atoms with van der Waals surface area (Å²) >= 11 is 0. The zero-order valence-corrected chi connectivity index (χ0v) is 13.9. The maximum atomic E-state index is 12.9. The summed E-state index contributed by atoms with van der Waals surface area (Å²) in [6, 6.07) is 13.1. The molecule has 1 atom stereocenters. The van der Waals surface area contributed by atoms with Crippen molar-refractivity contribution in [3.63, 3.8) is 0 Å². The van der Waals surface area contributed by atoms with E-state index in [0.717, 1.165) is 29.8 Å². The molecule has 2 aromatic rings. The Kier molecular flexibility index (Phi) is 4.53. The molecule has 0 aromatic heterocycles. The zero-order valence-electron chi connectivity index (χ0n) is 13.1. The number of carbonyl (C=O) groups excluding carboxylic acids is 1. The second kappa shape index (κ2) is 6.61. The number of nitrogen functional groups attached to an aromatic ring is 1. The Morgan fingerprint density at radius 2 is 1.92 bits per heavy atom. The van der Waals surface area contributed by atoms with Gasteiger partial charge in [0.05, 0.1) is 0 Å². The number of para-hydroxylation sites is 2. The van der Waals surface area contributed by atoms with Gasteiger partial charge in [0.1, 0.15) is 6.61 Å². The largest absolute Gasteiger partial charge is 0.485 e. The van der Waals surface area contributed by atoms with E-state index in [0.29, 0.717) is 18.0 Å². The monoisotopic (exact) mass is 346 g/mol. The van der Waals surface area contributed by atoms with E-state index in [1.165, 1.54) is 0 Å². The average Bonchev–Trinajstić information content (AvgIpc) is 2.61. The molecule has 6 heteroatoms. The number of halogens is 1. The fraction of sp³-hybridized carbons (Fsp3) is 0.278. The van der Waals surface area contributed by atoms with Crippen molar-refractivity contribution in [2.75, 3.05) is 23.8 Å². The first kappa shape index (κ1) is 16.5. The minimum absolute atomic E-state index is 0. The van der Waals surface area contributed by atoms with E-state index in [4.69, 9.17) is 15.2 Å². The third-order valence-electron chi connectivity index (χ3n) is 4.34. The van der Waals surface area contributed by atoms with E-state index in [9.17, 15) is 4.79 Å². The number of benzene rings is 2. The molecular formula is C18H19ClN2O3. The van der Waals surface area contributed by atoms with Crippen LogP contribution in [-0.4, -0.2) is 25.2 Å². The molecule has 2 N–H and O–H groups in total. The number of nitrogens with zero attached hydrogens (tertiary/aromatic N) is 1. The molecule has 2 aromatic carbocycles. The Morgan fingerprint density at radius 1 is 1.12 bits per heavy atom. The summed E-state index contributed by atoms with van der Waals surface area (Å²) in [6.45, 7) is 0.904. The Balaban J connectivity index is 0.00000169. The minimum atomic E-state index is -0.628. The molecule has 0 saturated carbocycles. The summed E-state index contributed by atoms with van der Waals surface area (Å²) in [4.78, 5) is 14.7. The lowest BCUT2D eigenvalue weighted by atomic mass is 9.99. The SMILES string of the molecule is Cl.Nc1cccc2c1CCCN2C(=O)C1COc2ccccc2O1. The summed E-state index contributed by atoms with van der Waals surface area (Å²) in [5.41, 5.74) is 8.73. The topological polar surface area (TPSA) is 64.8 Å². The highest BCUT2D eigenvalue weighted by molar-refractivity contribution is 5.98. The van der Waals surface area contributed by atoms with E-state index in [-0.39, 0.29) is 24.9 Å². The first-order valence-electron chi connectivity index (χ1n) is 7.81. The number of hydrogen-bond donors (Lipinski definition) is 1. The smallest absolute Gasteiger partial charge is 0.271 e. The van der Waals surface area contributed by atoms with E-state index in [1.807, 2.05) is 42.5 Å². The molecule has 0 fully saturated rings. The number of nitrogens with two attached hydrogens (primary N) is 1. The van der Waals surface area contributed by atoms with Crippen LogP contribution in [0.2, 0.25) is 0 Å². The molecule has 0 aliphatic carbocycles. The fourth-order valence-corrected chi connectivity index (χ4v) is 3.20. The number of rotatable bonds is 1. The molecule has 0 radical (unpaired) electrons. The van der Waals surface area contributed by atoms with Crippen LogP contribution < -0.4 is 20.1 Å². The molecule has 0 spiro atoms. The Bertz CT molecular complexity index is 766. The molecular weight excluding hydrogens is 328 g/mol. The molecule has 0 bridgehead atoms. The lowest BCUT2D eigenvalue weighted by Gasteiger charge is -2.34. The summed E-state index contributed by atoms with van der Waals surface area (Å²) in [6.07, 6.45) is 1.17. The normalized spacial score (nSPS) is 18.3. The number of ether oxygens (including phenoxy) is 2.